The summed E-state index contributed by atoms with van der Waals surface area (Å²) in [7, 11) is 1.36. The fourth-order valence-electron chi connectivity index (χ4n) is 4.69. The van der Waals surface area contributed by atoms with Crippen LogP contribution in [0.1, 0.15) is 36.8 Å². The topological polar surface area (TPSA) is 58.6 Å². The van der Waals surface area contributed by atoms with Gasteiger partial charge in [0.05, 0.1) is 12.5 Å². The fraction of sp³-hybridized carbons (Fsp3) is 0.391. The Labute approximate surface area is 165 Å². The monoisotopic (exact) mass is 378 g/mol. The van der Waals surface area contributed by atoms with Gasteiger partial charge in [-0.2, -0.15) is 0 Å². The summed E-state index contributed by atoms with van der Waals surface area (Å²) >= 11 is 0. The molecule has 4 rings (SSSR count). The lowest BCUT2D eigenvalue weighted by Crippen LogP contribution is -2.49. The first-order chi connectivity index (χ1) is 13.6. The second-order valence-electron chi connectivity index (χ2n) is 7.73. The second-order valence-corrected chi connectivity index (χ2v) is 7.73. The van der Waals surface area contributed by atoms with Gasteiger partial charge in [0, 0.05) is 18.3 Å². The number of methoxy groups -OCH3 is 1. The number of fused-ring (bicyclic) bond motifs is 2. The SMILES string of the molecule is COC(=O)CN1C(=O)C2(CCCC(NCc3ccccc3)C2)c2ccccc21. The maximum absolute atomic E-state index is 13.5. The Balaban J connectivity index is 1.57. The van der Waals surface area contributed by atoms with Crippen molar-refractivity contribution >= 4 is 17.6 Å². The van der Waals surface area contributed by atoms with Crippen molar-refractivity contribution in [3.05, 3.63) is 65.7 Å². The molecule has 1 amide bonds. The second kappa shape index (κ2) is 7.76. The van der Waals surface area contributed by atoms with Crippen molar-refractivity contribution < 1.29 is 14.3 Å². The third-order valence-electron chi connectivity index (χ3n) is 6.07. The van der Waals surface area contributed by atoms with E-state index in [2.05, 4.69) is 17.4 Å². The van der Waals surface area contributed by atoms with E-state index in [1.54, 1.807) is 4.90 Å². The highest BCUT2D eigenvalue weighted by molar-refractivity contribution is 6.10. The molecule has 2 atom stereocenters. The summed E-state index contributed by atoms with van der Waals surface area (Å²) in [4.78, 5) is 27.0. The molecule has 2 unspecified atom stereocenters. The van der Waals surface area contributed by atoms with E-state index in [0.717, 1.165) is 43.5 Å². The molecule has 0 bridgehead atoms. The zero-order valence-corrected chi connectivity index (χ0v) is 16.2. The summed E-state index contributed by atoms with van der Waals surface area (Å²) in [6.45, 7) is 0.763. The molecular weight excluding hydrogens is 352 g/mol. The number of benzene rings is 2. The smallest absolute Gasteiger partial charge is 0.325 e. The number of ether oxygens (including phenoxy) is 1. The maximum atomic E-state index is 13.5. The van der Waals surface area contributed by atoms with Crippen molar-refractivity contribution in [2.45, 2.75) is 43.7 Å². The van der Waals surface area contributed by atoms with Crippen LogP contribution in [0.15, 0.2) is 54.6 Å². The Kier molecular flexibility index (Phi) is 5.18. The van der Waals surface area contributed by atoms with Gasteiger partial charge in [0.25, 0.3) is 0 Å². The first-order valence-electron chi connectivity index (χ1n) is 9.90. The molecule has 5 nitrogen and oxygen atoms in total. The number of carbonyl (C=O) groups is 2. The van der Waals surface area contributed by atoms with Crippen LogP contribution in [-0.4, -0.2) is 31.6 Å². The molecule has 1 N–H and O–H groups in total. The van der Waals surface area contributed by atoms with Crippen LogP contribution in [-0.2, 0) is 26.3 Å². The molecule has 1 saturated carbocycles. The first-order valence-corrected chi connectivity index (χ1v) is 9.90. The highest BCUT2D eigenvalue weighted by Gasteiger charge is 2.52. The molecule has 0 aromatic heterocycles. The van der Waals surface area contributed by atoms with Gasteiger partial charge in [-0.05, 0) is 36.5 Å². The summed E-state index contributed by atoms with van der Waals surface area (Å²) in [6.07, 6.45) is 3.62. The van der Waals surface area contributed by atoms with Crippen molar-refractivity contribution in [3.63, 3.8) is 0 Å². The Morgan fingerprint density at radius 3 is 2.71 bits per heavy atom. The van der Waals surface area contributed by atoms with E-state index in [9.17, 15) is 9.59 Å². The van der Waals surface area contributed by atoms with Crippen LogP contribution in [0.3, 0.4) is 0 Å². The van der Waals surface area contributed by atoms with E-state index in [1.807, 2.05) is 42.5 Å². The number of hydrogen-bond donors (Lipinski definition) is 1. The summed E-state index contributed by atoms with van der Waals surface area (Å²) in [5.41, 5.74) is 2.60. The van der Waals surface area contributed by atoms with Gasteiger partial charge in [-0.25, -0.2) is 0 Å². The van der Waals surface area contributed by atoms with Crippen LogP contribution in [0.4, 0.5) is 5.69 Å². The lowest BCUT2D eigenvalue weighted by Gasteiger charge is -2.37. The number of rotatable bonds is 5. The van der Waals surface area contributed by atoms with Gasteiger partial charge in [0.15, 0.2) is 0 Å². The van der Waals surface area contributed by atoms with E-state index in [0.29, 0.717) is 0 Å². The zero-order chi connectivity index (χ0) is 19.6. The molecule has 0 saturated heterocycles. The Morgan fingerprint density at radius 1 is 1.18 bits per heavy atom. The van der Waals surface area contributed by atoms with Crippen molar-refractivity contribution in [2.75, 3.05) is 18.6 Å². The van der Waals surface area contributed by atoms with E-state index in [-0.39, 0.29) is 18.5 Å². The van der Waals surface area contributed by atoms with Gasteiger partial charge in [-0.1, -0.05) is 55.0 Å². The number of para-hydroxylation sites is 1. The number of amides is 1. The summed E-state index contributed by atoms with van der Waals surface area (Å²) < 4.78 is 4.81. The largest absolute Gasteiger partial charge is 0.468 e. The average Bonchev–Trinajstić information content (AvgIpc) is 2.96. The predicted molar refractivity (Wildman–Crippen MR) is 108 cm³/mol. The van der Waals surface area contributed by atoms with Crippen molar-refractivity contribution in [2.24, 2.45) is 0 Å². The molecule has 1 aliphatic carbocycles. The van der Waals surface area contributed by atoms with Crippen molar-refractivity contribution in [3.8, 4) is 0 Å². The molecule has 1 heterocycles. The van der Waals surface area contributed by atoms with Gasteiger partial charge in [0.2, 0.25) is 5.91 Å². The average molecular weight is 378 g/mol. The summed E-state index contributed by atoms with van der Waals surface area (Å²) in [5.74, 6) is -0.361. The van der Waals surface area contributed by atoms with E-state index in [1.165, 1.54) is 12.7 Å². The minimum absolute atomic E-state index is 0.0315. The van der Waals surface area contributed by atoms with Crippen LogP contribution < -0.4 is 10.2 Å². The van der Waals surface area contributed by atoms with Gasteiger partial charge in [-0.15, -0.1) is 0 Å². The van der Waals surface area contributed by atoms with Crippen LogP contribution in [0.5, 0.6) is 0 Å². The van der Waals surface area contributed by atoms with Crippen molar-refractivity contribution in [1.29, 1.82) is 0 Å². The first kappa shape index (κ1) is 18.7. The molecular formula is C23H26N2O3. The quantitative estimate of drug-likeness (QED) is 0.812. The number of hydrogen-bond acceptors (Lipinski definition) is 4. The predicted octanol–water partition coefficient (Wildman–Crippen LogP) is 3.18. The molecule has 1 aliphatic heterocycles. The number of nitrogens with zero attached hydrogens (tertiary/aromatic N) is 1. The van der Waals surface area contributed by atoms with Gasteiger partial charge < -0.3 is 15.0 Å². The number of nitrogens with one attached hydrogen (secondary N) is 1. The Hall–Kier alpha value is -2.66. The van der Waals surface area contributed by atoms with Crippen molar-refractivity contribution in [1.82, 2.24) is 5.32 Å². The van der Waals surface area contributed by atoms with Gasteiger partial charge >= 0.3 is 5.97 Å². The van der Waals surface area contributed by atoms with Gasteiger partial charge in [-0.3, -0.25) is 9.59 Å². The fourth-order valence-corrected chi connectivity index (χ4v) is 4.69. The zero-order valence-electron chi connectivity index (χ0n) is 16.2. The van der Waals surface area contributed by atoms with E-state index < -0.39 is 11.4 Å². The minimum atomic E-state index is -0.544. The molecule has 2 aliphatic rings. The number of esters is 1. The lowest BCUT2D eigenvalue weighted by molar-refractivity contribution is -0.140. The van der Waals surface area contributed by atoms with E-state index >= 15 is 0 Å². The molecule has 2 aromatic rings. The minimum Gasteiger partial charge on any atom is -0.468 e. The third kappa shape index (κ3) is 3.31. The molecule has 1 spiro atoms. The van der Waals surface area contributed by atoms with Crippen LogP contribution in [0.25, 0.3) is 0 Å². The molecule has 2 aromatic carbocycles. The van der Waals surface area contributed by atoms with Crippen LogP contribution in [0.2, 0.25) is 0 Å². The van der Waals surface area contributed by atoms with Gasteiger partial charge in [0.1, 0.15) is 6.54 Å². The number of carbonyl (C=O) groups excluding carboxylic acids is 2. The van der Waals surface area contributed by atoms with E-state index in [4.69, 9.17) is 4.74 Å². The third-order valence-corrected chi connectivity index (χ3v) is 6.07. The Bertz CT molecular complexity index is 867. The highest BCUT2D eigenvalue weighted by atomic mass is 16.5. The number of anilines is 1. The van der Waals surface area contributed by atoms with Crippen LogP contribution in [0, 0.1) is 0 Å². The molecule has 1 fully saturated rings. The molecule has 0 radical (unpaired) electrons. The Morgan fingerprint density at radius 2 is 1.93 bits per heavy atom. The molecule has 5 heteroatoms. The molecule has 28 heavy (non-hydrogen) atoms. The lowest BCUT2D eigenvalue weighted by atomic mass is 9.68. The standard InChI is InChI=1S/C23H26N2O3/c1-28-21(26)16-25-20-12-6-5-11-19(20)23(22(25)27)13-7-10-18(14-23)24-15-17-8-3-2-4-9-17/h2-6,8-9,11-12,18,24H,7,10,13-16H2,1H3. The highest BCUT2D eigenvalue weighted by Crippen LogP contribution is 2.50. The van der Waals surface area contributed by atoms with Crippen LogP contribution >= 0.6 is 0 Å². The summed E-state index contributed by atoms with van der Waals surface area (Å²) in [6, 6.07) is 18.5. The molecule has 146 valence electrons. The normalized spacial score (nSPS) is 23.7. The summed E-state index contributed by atoms with van der Waals surface area (Å²) in [5, 5.41) is 3.64. The maximum Gasteiger partial charge on any atom is 0.325 e.